The van der Waals surface area contributed by atoms with E-state index in [0.29, 0.717) is 6.04 Å². The standard InChI is InChI=1S/C13H20N2/c1-11(12-5-3-2-4-6-12)14-9-10-15-13-7-8-13/h2-6,11,13-15H,7-10H2,1H3/t11-/m0/s1. The minimum atomic E-state index is 0.451. The maximum atomic E-state index is 3.52. The van der Waals surface area contributed by atoms with E-state index in [9.17, 15) is 0 Å². The second-order valence-corrected chi connectivity index (χ2v) is 4.31. The van der Waals surface area contributed by atoms with Crippen LogP contribution in [0, 0.1) is 0 Å². The lowest BCUT2D eigenvalue weighted by atomic mass is 10.1. The van der Waals surface area contributed by atoms with Gasteiger partial charge in [-0.25, -0.2) is 0 Å². The van der Waals surface area contributed by atoms with E-state index in [-0.39, 0.29) is 0 Å². The monoisotopic (exact) mass is 204 g/mol. The third-order valence-corrected chi connectivity index (χ3v) is 2.89. The van der Waals surface area contributed by atoms with Crippen LogP contribution in [0.4, 0.5) is 0 Å². The zero-order valence-electron chi connectivity index (χ0n) is 9.37. The Balaban J connectivity index is 1.65. The summed E-state index contributed by atoms with van der Waals surface area (Å²) < 4.78 is 0. The van der Waals surface area contributed by atoms with E-state index in [1.165, 1.54) is 18.4 Å². The molecular weight excluding hydrogens is 184 g/mol. The molecule has 0 unspecified atom stereocenters. The zero-order chi connectivity index (χ0) is 10.5. The molecule has 0 radical (unpaired) electrons. The van der Waals surface area contributed by atoms with Crippen molar-refractivity contribution in [3.8, 4) is 0 Å². The first-order valence-corrected chi connectivity index (χ1v) is 5.88. The van der Waals surface area contributed by atoms with Gasteiger partial charge in [-0.05, 0) is 25.3 Å². The maximum Gasteiger partial charge on any atom is 0.0292 e. The molecule has 1 saturated carbocycles. The first kappa shape index (κ1) is 10.7. The van der Waals surface area contributed by atoms with Crippen molar-refractivity contribution in [2.45, 2.75) is 31.8 Å². The van der Waals surface area contributed by atoms with Gasteiger partial charge < -0.3 is 10.6 Å². The Kier molecular flexibility index (Phi) is 3.75. The Hall–Kier alpha value is -0.860. The van der Waals surface area contributed by atoms with Gasteiger partial charge in [0.15, 0.2) is 0 Å². The molecule has 82 valence electrons. The highest BCUT2D eigenvalue weighted by Crippen LogP contribution is 2.18. The van der Waals surface area contributed by atoms with Crippen LogP contribution in [0.1, 0.15) is 31.4 Å². The molecule has 1 aliphatic carbocycles. The summed E-state index contributed by atoms with van der Waals surface area (Å²) in [5.74, 6) is 0. The van der Waals surface area contributed by atoms with E-state index in [1.807, 2.05) is 0 Å². The molecule has 1 aromatic carbocycles. The second kappa shape index (κ2) is 5.29. The normalized spacial score (nSPS) is 17.7. The van der Waals surface area contributed by atoms with E-state index in [4.69, 9.17) is 0 Å². The molecule has 2 rings (SSSR count). The molecule has 0 amide bonds. The van der Waals surface area contributed by atoms with Crippen molar-refractivity contribution in [3.05, 3.63) is 35.9 Å². The third kappa shape index (κ3) is 3.65. The van der Waals surface area contributed by atoms with Crippen molar-refractivity contribution < 1.29 is 0 Å². The quantitative estimate of drug-likeness (QED) is 0.693. The molecule has 1 aliphatic rings. The third-order valence-electron chi connectivity index (χ3n) is 2.89. The van der Waals surface area contributed by atoms with E-state index in [1.54, 1.807) is 0 Å². The second-order valence-electron chi connectivity index (χ2n) is 4.31. The van der Waals surface area contributed by atoms with E-state index in [0.717, 1.165) is 19.1 Å². The molecule has 15 heavy (non-hydrogen) atoms. The van der Waals surface area contributed by atoms with Crippen LogP contribution in [0.5, 0.6) is 0 Å². The zero-order valence-corrected chi connectivity index (χ0v) is 9.37. The molecule has 1 aromatic rings. The average Bonchev–Trinajstić information content (AvgIpc) is 3.09. The van der Waals surface area contributed by atoms with Gasteiger partial charge in [-0.15, -0.1) is 0 Å². The molecule has 0 aromatic heterocycles. The fourth-order valence-electron chi connectivity index (χ4n) is 1.71. The summed E-state index contributed by atoms with van der Waals surface area (Å²) in [5.41, 5.74) is 1.36. The van der Waals surface area contributed by atoms with Gasteiger partial charge in [0.25, 0.3) is 0 Å². The van der Waals surface area contributed by atoms with Crippen molar-refractivity contribution in [3.63, 3.8) is 0 Å². The molecular formula is C13H20N2. The number of benzene rings is 1. The number of nitrogens with one attached hydrogen (secondary N) is 2. The Morgan fingerprint density at radius 2 is 1.93 bits per heavy atom. The summed E-state index contributed by atoms with van der Waals surface area (Å²) in [6.07, 6.45) is 2.74. The summed E-state index contributed by atoms with van der Waals surface area (Å²) in [6, 6.07) is 11.9. The Morgan fingerprint density at radius 3 is 2.60 bits per heavy atom. The van der Waals surface area contributed by atoms with Crippen LogP contribution in [-0.4, -0.2) is 19.1 Å². The molecule has 2 heteroatoms. The van der Waals surface area contributed by atoms with Crippen molar-refractivity contribution in [2.75, 3.05) is 13.1 Å². The molecule has 1 fully saturated rings. The van der Waals surface area contributed by atoms with E-state index >= 15 is 0 Å². The van der Waals surface area contributed by atoms with Gasteiger partial charge in [0.05, 0.1) is 0 Å². The lowest BCUT2D eigenvalue weighted by Gasteiger charge is -2.14. The first-order valence-electron chi connectivity index (χ1n) is 5.88. The van der Waals surface area contributed by atoms with Crippen LogP contribution >= 0.6 is 0 Å². The summed E-state index contributed by atoms with van der Waals surface area (Å²) in [7, 11) is 0. The lowest BCUT2D eigenvalue weighted by molar-refractivity contribution is 0.544. The van der Waals surface area contributed by atoms with Gasteiger partial charge >= 0.3 is 0 Å². The molecule has 1 atom stereocenters. The Labute approximate surface area is 92.1 Å². The topological polar surface area (TPSA) is 24.1 Å². The van der Waals surface area contributed by atoms with E-state index in [2.05, 4.69) is 47.9 Å². The summed E-state index contributed by atoms with van der Waals surface area (Å²) >= 11 is 0. The maximum absolute atomic E-state index is 3.52. The highest BCUT2D eigenvalue weighted by molar-refractivity contribution is 5.17. The van der Waals surface area contributed by atoms with Crippen LogP contribution in [0.15, 0.2) is 30.3 Å². The van der Waals surface area contributed by atoms with Crippen LogP contribution < -0.4 is 10.6 Å². The molecule has 0 spiro atoms. The van der Waals surface area contributed by atoms with Gasteiger partial charge in [-0.1, -0.05) is 30.3 Å². The van der Waals surface area contributed by atoms with Crippen LogP contribution in [-0.2, 0) is 0 Å². The van der Waals surface area contributed by atoms with Gasteiger partial charge in [0, 0.05) is 25.2 Å². The number of rotatable bonds is 6. The average molecular weight is 204 g/mol. The summed E-state index contributed by atoms with van der Waals surface area (Å²) in [5, 5.41) is 7.02. The largest absolute Gasteiger partial charge is 0.313 e. The molecule has 0 aliphatic heterocycles. The van der Waals surface area contributed by atoms with Gasteiger partial charge in [0.1, 0.15) is 0 Å². The van der Waals surface area contributed by atoms with Crippen molar-refractivity contribution in [2.24, 2.45) is 0 Å². The fourth-order valence-corrected chi connectivity index (χ4v) is 1.71. The van der Waals surface area contributed by atoms with Crippen molar-refractivity contribution in [1.82, 2.24) is 10.6 Å². The Morgan fingerprint density at radius 1 is 1.20 bits per heavy atom. The van der Waals surface area contributed by atoms with Crippen molar-refractivity contribution in [1.29, 1.82) is 0 Å². The molecule has 2 N–H and O–H groups in total. The molecule has 0 bridgehead atoms. The van der Waals surface area contributed by atoms with Crippen LogP contribution in [0.2, 0.25) is 0 Å². The highest BCUT2D eigenvalue weighted by atomic mass is 15.0. The predicted molar refractivity (Wildman–Crippen MR) is 63.9 cm³/mol. The SMILES string of the molecule is C[C@H](NCCNC1CC1)c1ccccc1. The van der Waals surface area contributed by atoms with Crippen LogP contribution in [0.3, 0.4) is 0 Å². The predicted octanol–water partition coefficient (Wildman–Crippen LogP) is 2.09. The van der Waals surface area contributed by atoms with E-state index < -0.39 is 0 Å². The number of hydrogen-bond acceptors (Lipinski definition) is 2. The first-order chi connectivity index (χ1) is 7.36. The van der Waals surface area contributed by atoms with Crippen molar-refractivity contribution >= 4 is 0 Å². The molecule has 0 heterocycles. The molecule has 2 nitrogen and oxygen atoms in total. The van der Waals surface area contributed by atoms with Crippen LogP contribution in [0.25, 0.3) is 0 Å². The minimum absolute atomic E-state index is 0.451. The van der Waals surface area contributed by atoms with Gasteiger partial charge in [-0.3, -0.25) is 0 Å². The van der Waals surface area contributed by atoms with Gasteiger partial charge in [0.2, 0.25) is 0 Å². The smallest absolute Gasteiger partial charge is 0.0292 e. The lowest BCUT2D eigenvalue weighted by Crippen LogP contribution is -2.30. The minimum Gasteiger partial charge on any atom is -0.313 e. The molecule has 0 saturated heterocycles. The Bertz CT molecular complexity index is 280. The fraction of sp³-hybridized carbons (Fsp3) is 0.538. The number of hydrogen-bond donors (Lipinski definition) is 2. The highest BCUT2D eigenvalue weighted by Gasteiger charge is 2.19. The summed E-state index contributed by atoms with van der Waals surface area (Å²) in [6.45, 7) is 4.35. The van der Waals surface area contributed by atoms with Gasteiger partial charge in [-0.2, -0.15) is 0 Å². The summed E-state index contributed by atoms with van der Waals surface area (Å²) in [4.78, 5) is 0.